The van der Waals surface area contributed by atoms with E-state index in [2.05, 4.69) is 25.6 Å². The highest BCUT2D eigenvalue weighted by atomic mass is 15.3. The highest BCUT2D eigenvalue weighted by Crippen LogP contribution is 2.19. The molecule has 0 fully saturated rings. The number of hydrogen-bond donors (Lipinski definition) is 2. The number of nitrogens with one attached hydrogen (secondary N) is 2. The molecule has 0 amide bonds. The Bertz CT molecular complexity index is 685. The third kappa shape index (κ3) is 3.17. The second-order valence-corrected chi connectivity index (χ2v) is 4.88. The SMILES string of the molecule is Cn1nccc1CCNCc1cn[nH]c1-c1cccnc1. The fraction of sp³-hybridized carbons (Fsp3) is 0.267. The molecule has 0 aromatic carbocycles. The molecule has 0 saturated heterocycles. The lowest BCUT2D eigenvalue weighted by Gasteiger charge is -2.06. The maximum Gasteiger partial charge on any atom is 0.0710 e. The van der Waals surface area contributed by atoms with Gasteiger partial charge in [-0.2, -0.15) is 10.2 Å². The van der Waals surface area contributed by atoms with Crippen LogP contribution in [0.2, 0.25) is 0 Å². The van der Waals surface area contributed by atoms with E-state index in [1.807, 2.05) is 48.5 Å². The minimum absolute atomic E-state index is 0.776. The van der Waals surface area contributed by atoms with E-state index >= 15 is 0 Å². The van der Waals surface area contributed by atoms with Gasteiger partial charge >= 0.3 is 0 Å². The van der Waals surface area contributed by atoms with Crippen molar-refractivity contribution in [1.29, 1.82) is 0 Å². The number of aromatic nitrogens is 5. The van der Waals surface area contributed by atoms with Crippen molar-refractivity contribution in [2.24, 2.45) is 7.05 Å². The molecule has 0 radical (unpaired) electrons. The molecule has 6 nitrogen and oxygen atoms in total. The Balaban J connectivity index is 1.57. The van der Waals surface area contributed by atoms with Gasteiger partial charge in [0.25, 0.3) is 0 Å². The summed E-state index contributed by atoms with van der Waals surface area (Å²) in [6, 6.07) is 6.00. The van der Waals surface area contributed by atoms with Gasteiger partial charge in [0, 0.05) is 62.0 Å². The fourth-order valence-electron chi connectivity index (χ4n) is 2.29. The van der Waals surface area contributed by atoms with Crippen LogP contribution >= 0.6 is 0 Å². The second kappa shape index (κ2) is 6.32. The summed E-state index contributed by atoms with van der Waals surface area (Å²) < 4.78 is 1.90. The first-order valence-electron chi connectivity index (χ1n) is 6.95. The number of nitrogens with zero attached hydrogens (tertiary/aromatic N) is 4. The smallest absolute Gasteiger partial charge is 0.0710 e. The van der Waals surface area contributed by atoms with E-state index in [1.54, 1.807) is 6.20 Å². The maximum atomic E-state index is 4.17. The number of hydrogen-bond acceptors (Lipinski definition) is 4. The Morgan fingerprint density at radius 3 is 2.95 bits per heavy atom. The summed E-state index contributed by atoms with van der Waals surface area (Å²) in [5, 5.41) is 14.8. The lowest BCUT2D eigenvalue weighted by Crippen LogP contribution is -2.18. The van der Waals surface area contributed by atoms with E-state index in [0.717, 1.165) is 36.3 Å². The number of H-pyrrole nitrogens is 1. The van der Waals surface area contributed by atoms with Gasteiger partial charge in [-0.15, -0.1) is 0 Å². The van der Waals surface area contributed by atoms with Crippen LogP contribution in [-0.2, 0) is 20.0 Å². The summed E-state index contributed by atoms with van der Waals surface area (Å²) in [6.45, 7) is 1.68. The first kappa shape index (κ1) is 13.5. The fourth-order valence-corrected chi connectivity index (χ4v) is 2.29. The standard InChI is InChI=1S/C15H18N6/c1-21-14(5-8-19-21)4-7-17-10-13-11-18-20-15(13)12-3-2-6-16-9-12/h2-3,5-6,8-9,11,17H,4,7,10H2,1H3,(H,18,20). The molecule has 0 atom stereocenters. The van der Waals surface area contributed by atoms with Gasteiger partial charge in [-0.05, 0) is 18.2 Å². The highest BCUT2D eigenvalue weighted by molar-refractivity contribution is 5.61. The summed E-state index contributed by atoms with van der Waals surface area (Å²) in [4.78, 5) is 4.14. The Morgan fingerprint density at radius 1 is 1.24 bits per heavy atom. The molecule has 108 valence electrons. The first-order valence-corrected chi connectivity index (χ1v) is 6.95. The van der Waals surface area contributed by atoms with Gasteiger partial charge in [-0.1, -0.05) is 0 Å². The topological polar surface area (TPSA) is 71.4 Å². The molecular formula is C15H18N6. The molecule has 3 aromatic rings. The molecule has 21 heavy (non-hydrogen) atoms. The van der Waals surface area contributed by atoms with Crippen LogP contribution in [0.15, 0.2) is 43.0 Å². The van der Waals surface area contributed by atoms with E-state index in [9.17, 15) is 0 Å². The Kier molecular flexibility index (Phi) is 4.07. The minimum Gasteiger partial charge on any atom is -0.312 e. The number of rotatable bonds is 6. The summed E-state index contributed by atoms with van der Waals surface area (Å²) in [5.74, 6) is 0. The average Bonchev–Trinajstić information content (AvgIpc) is 3.14. The maximum absolute atomic E-state index is 4.17. The largest absolute Gasteiger partial charge is 0.312 e. The molecule has 2 N–H and O–H groups in total. The normalized spacial score (nSPS) is 10.9. The monoisotopic (exact) mass is 282 g/mol. The third-order valence-electron chi connectivity index (χ3n) is 3.46. The van der Waals surface area contributed by atoms with Gasteiger partial charge in [0.05, 0.1) is 11.9 Å². The van der Waals surface area contributed by atoms with Gasteiger partial charge < -0.3 is 5.32 Å². The third-order valence-corrected chi connectivity index (χ3v) is 3.46. The van der Waals surface area contributed by atoms with Crippen molar-refractivity contribution in [2.75, 3.05) is 6.54 Å². The van der Waals surface area contributed by atoms with Crippen LogP contribution < -0.4 is 5.32 Å². The van der Waals surface area contributed by atoms with Crippen LogP contribution in [-0.4, -0.2) is 31.5 Å². The van der Waals surface area contributed by atoms with E-state index < -0.39 is 0 Å². The molecule has 0 spiro atoms. The number of pyridine rings is 1. The lowest BCUT2D eigenvalue weighted by atomic mass is 10.1. The van der Waals surface area contributed by atoms with Crippen molar-refractivity contribution < 1.29 is 0 Å². The van der Waals surface area contributed by atoms with Crippen LogP contribution in [0.4, 0.5) is 0 Å². The lowest BCUT2D eigenvalue weighted by molar-refractivity contribution is 0.643. The van der Waals surface area contributed by atoms with Crippen molar-refractivity contribution in [1.82, 2.24) is 30.3 Å². The Labute approximate surface area is 123 Å². The van der Waals surface area contributed by atoms with Crippen LogP contribution in [0.3, 0.4) is 0 Å². The molecule has 6 heteroatoms. The zero-order chi connectivity index (χ0) is 14.5. The molecule has 3 heterocycles. The van der Waals surface area contributed by atoms with E-state index in [1.165, 1.54) is 5.69 Å². The van der Waals surface area contributed by atoms with Gasteiger partial charge in [-0.3, -0.25) is 14.8 Å². The molecule has 0 aliphatic rings. The van der Waals surface area contributed by atoms with Gasteiger partial charge in [-0.25, -0.2) is 0 Å². The number of aromatic amines is 1. The zero-order valence-corrected chi connectivity index (χ0v) is 12.0. The zero-order valence-electron chi connectivity index (χ0n) is 12.0. The summed E-state index contributed by atoms with van der Waals surface area (Å²) in [7, 11) is 1.96. The van der Waals surface area contributed by atoms with E-state index in [0.29, 0.717) is 0 Å². The van der Waals surface area contributed by atoms with Crippen molar-refractivity contribution in [3.05, 3.63) is 54.2 Å². The van der Waals surface area contributed by atoms with Crippen molar-refractivity contribution >= 4 is 0 Å². The molecule has 0 aliphatic heterocycles. The van der Waals surface area contributed by atoms with Crippen LogP contribution in [0, 0.1) is 0 Å². The Hall–Kier alpha value is -2.47. The first-order chi connectivity index (χ1) is 10.3. The summed E-state index contributed by atoms with van der Waals surface area (Å²) in [5.41, 5.74) is 4.45. The van der Waals surface area contributed by atoms with Gasteiger partial charge in [0.15, 0.2) is 0 Å². The van der Waals surface area contributed by atoms with Crippen molar-refractivity contribution in [2.45, 2.75) is 13.0 Å². The van der Waals surface area contributed by atoms with Crippen molar-refractivity contribution in [3.63, 3.8) is 0 Å². The highest BCUT2D eigenvalue weighted by Gasteiger charge is 2.07. The van der Waals surface area contributed by atoms with Crippen LogP contribution in [0.1, 0.15) is 11.3 Å². The van der Waals surface area contributed by atoms with E-state index in [-0.39, 0.29) is 0 Å². The molecule has 0 aliphatic carbocycles. The van der Waals surface area contributed by atoms with E-state index in [4.69, 9.17) is 0 Å². The molecule has 3 rings (SSSR count). The molecular weight excluding hydrogens is 264 g/mol. The summed E-state index contributed by atoms with van der Waals surface area (Å²) in [6.07, 6.45) is 8.25. The second-order valence-electron chi connectivity index (χ2n) is 4.88. The number of aryl methyl sites for hydroxylation is 1. The molecule has 0 bridgehead atoms. The summed E-state index contributed by atoms with van der Waals surface area (Å²) >= 11 is 0. The molecule has 0 saturated carbocycles. The van der Waals surface area contributed by atoms with Gasteiger partial charge in [0.1, 0.15) is 0 Å². The Morgan fingerprint density at radius 2 is 2.19 bits per heavy atom. The van der Waals surface area contributed by atoms with Crippen LogP contribution in [0.5, 0.6) is 0 Å². The predicted octanol–water partition coefficient (Wildman–Crippen LogP) is 1.54. The minimum atomic E-state index is 0.776. The average molecular weight is 282 g/mol. The van der Waals surface area contributed by atoms with Gasteiger partial charge in [0.2, 0.25) is 0 Å². The quantitative estimate of drug-likeness (QED) is 0.673. The van der Waals surface area contributed by atoms with Crippen molar-refractivity contribution in [3.8, 4) is 11.3 Å². The predicted molar refractivity (Wildman–Crippen MR) is 80.4 cm³/mol. The molecule has 0 unspecified atom stereocenters. The van der Waals surface area contributed by atoms with Crippen LogP contribution in [0.25, 0.3) is 11.3 Å². The molecule has 3 aromatic heterocycles.